The van der Waals surface area contributed by atoms with Gasteiger partial charge in [0.1, 0.15) is 5.78 Å². The van der Waals surface area contributed by atoms with Crippen LogP contribution in [-0.2, 0) is 9.53 Å². The van der Waals surface area contributed by atoms with Crippen LogP contribution in [0.4, 0.5) is 0 Å². The molecule has 86 valence electrons. The van der Waals surface area contributed by atoms with Crippen LogP contribution in [0, 0.1) is 5.92 Å². The smallest absolute Gasteiger partial charge is 0.141 e. The van der Waals surface area contributed by atoms with Gasteiger partial charge in [0, 0.05) is 25.6 Å². The molecular weight excluding hydrogens is 194 g/mol. The van der Waals surface area contributed by atoms with Crippen LogP contribution in [0.2, 0.25) is 0 Å². The summed E-state index contributed by atoms with van der Waals surface area (Å²) in [5.74, 6) is 0.357. The first kappa shape index (κ1) is 11.0. The molecule has 0 aromatic carbocycles. The number of Topliss-reactive ketones (excluding diaryl/α,β-unsaturated/α-hetero) is 1. The fourth-order valence-corrected chi connectivity index (χ4v) is 2.12. The molecule has 1 saturated carbocycles. The van der Waals surface area contributed by atoms with Crippen LogP contribution in [0.3, 0.4) is 0 Å². The van der Waals surface area contributed by atoms with E-state index in [0.29, 0.717) is 38.0 Å². The minimum Gasteiger partial charge on any atom is -0.395 e. The van der Waals surface area contributed by atoms with Crippen molar-refractivity contribution in [3.05, 3.63) is 0 Å². The third-order valence-electron chi connectivity index (χ3n) is 3.17. The van der Waals surface area contributed by atoms with Crippen LogP contribution < -0.4 is 0 Å². The average Bonchev–Trinajstić information content (AvgIpc) is 3.04. The summed E-state index contributed by atoms with van der Waals surface area (Å²) in [6, 6.07) is 0.604. The predicted molar refractivity (Wildman–Crippen MR) is 55.6 cm³/mol. The number of rotatable bonds is 5. The van der Waals surface area contributed by atoms with E-state index in [0.717, 1.165) is 6.54 Å². The monoisotopic (exact) mass is 213 g/mol. The lowest BCUT2D eigenvalue weighted by molar-refractivity contribution is -0.131. The molecular formula is C11H19NO3. The molecule has 1 atom stereocenters. The highest BCUT2D eigenvalue weighted by atomic mass is 16.5. The highest BCUT2D eigenvalue weighted by Crippen LogP contribution is 2.27. The van der Waals surface area contributed by atoms with E-state index in [-0.39, 0.29) is 12.5 Å². The van der Waals surface area contributed by atoms with Crippen LogP contribution in [0.15, 0.2) is 0 Å². The van der Waals surface area contributed by atoms with Gasteiger partial charge in [-0.3, -0.25) is 9.69 Å². The van der Waals surface area contributed by atoms with E-state index in [1.165, 1.54) is 12.8 Å². The van der Waals surface area contributed by atoms with Gasteiger partial charge in [0.25, 0.3) is 0 Å². The Morgan fingerprint density at radius 1 is 1.47 bits per heavy atom. The van der Waals surface area contributed by atoms with Crippen molar-refractivity contribution in [3.8, 4) is 0 Å². The predicted octanol–water partition coefficient (Wildman–Crippen LogP) is 0.0487. The molecule has 1 aliphatic heterocycles. The van der Waals surface area contributed by atoms with Crippen LogP contribution in [0.25, 0.3) is 0 Å². The minimum absolute atomic E-state index is 0.0332. The first-order valence-corrected chi connectivity index (χ1v) is 5.76. The van der Waals surface area contributed by atoms with Gasteiger partial charge >= 0.3 is 0 Å². The average molecular weight is 213 g/mol. The van der Waals surface area contributed by atoms with Crippen LogP contribution in [0.5, 0.6) is 0 Å². The fraction of sp³-hybridized carbons (Fsp3) is 0.909. The van der Waals surface area contributed by atoms with Gasteiger partial charge < -0.3 is 9.84 Å². The minimum atomic E-state index is 0.0332. The standard InChI is InChI=1S/C11H19NO3/c13-5-4-12(10-1-2-10)7-9-8-15-6-3-11(9)14/h9-10,13H,1-8H2. The van der Waals surface area contributed by atoms with Gasteiger partial charge in [-0.2, -0.15) is 0 Å². The highest BCUT2D eigenvalue weighted by Gasteiger charge is 2.32. The SMILES string of the molecule is O=C1CCOCC1CN(CCO)C1CC1. The second-order valence-corrected chi connectivity index (χ2v) is 4.44. The summed E-state index contributed by atoms with van der Waals surface area (Å²) in [6.07, 6.45) is 2.98. The number of carbonyl (C=O) groups is 1. The molecule has 1 N–H and O–H groups in total. The molecule has 1 aliphatic carbocycles. The second-order valence-electron chi connectivity index (χ2n) is 4.44. The Morgan fingerprint density at radius 3 is 2.87 bits per heavy atom. The van der Waals surface area contributed by atoms with Crippen molar-refractivity contribution in [3.63, 3.8) is 0 Å². The summed E-state index contributed by atoms with van der Waals surface area (Å²) < 4.78 is 5.32. The van der Waals surface area contributed by atoms with E-state index in [2.05, 4.69) is 4.90 Å². The topological polar surface area (TPSA) is 49.8 Å². The van der Waals surface area contributed by atoms with Gasteiger partial charge in [0.15, 0.2) is 0 Å². The normalized spacial score (nSPS) is 27.3. The number of hydrogen-bond acceptors (Lipinski definition) is 4. The Bertz CT molecular complexity index is 228. The summed E-state index contributed by atoms with van der Waals surface area (Å²) in [5, 5.41) is 8.95. The zero-order chi connectivity index (χ0) is 10.7. The molecule has 2 fully saturated rings. The molecule has 0 amide bonds. The van der Waals surface area contributed by atoms with Crippen molar-refractivity contribution in [2.24, 2.45) is 5.92 Å². The summed E-state index contributed by atoms with van der Waals surface area (Å²) in [5.41, 5.74) is 0. The molecule has 0 bridgehead atoms. The third kappa shape index (κ3) is 3.00. The number of ketones is 1. The van der Waals surface area contributed by atoms with Gasteiger partial charge in [0.05, 0.1) is 25.7 Å². The maximum absolute atomic E-state index is 11.6. The molecule has 2 aliphatic rings. The summed E-state index contributed by atoms with van der Waals surface area (Å²) in [6.45, 7) is 2.78. The van der Waals surface area contributed by atoms with E-state index < -0.39 is 0 Å². The Labute approximate surface area is 90.2 Å². The maximum atomic E-state index is 11.6. The molecule has 0 aromatic rings. The lowest BCUT2D eigenvalue weighted by atomic mass is 10.00. The Hall–Kier alpha value is -0.450. The van der Waals surface area contributed by atoms with Gasteiger partial charge in [-0.1, -0.05) is 0 Å². The van der Waals surface area contributed by atoms with Crippen molar-refractivity contribution in [1.29, 1.82) is 0 Å². The maximum Gasteiger partial charge on any atom is 0.141 e. The largest absolute Gasteiger partial charge is 0.395 e. The van der Waals surface area contributed by atoms with E-state index >= 15 is 0 Å². The van der Waals surface area contributed by atoms with E-state index in [1.807, 2.05) is 0 Å². The quantitative estimate of drug-likeness (QED) is 0.701. The van der Waals surface area contributed by atoms with E-state index in [4.69, 9.17) is 9.84 Å². The van der Waals surface area contributed by atoms with Gasteiger partial charge in [0.2, 0.25) is 0 Å². The van der Waals surface area contributed by atoms with Gasteiger partial charge in [-0.05, 0) is 12.8 Å². The van der Waals surface area contributed by atoms with Crippen LogP contribution in [-0.4, -0.2) is 54.7 Å². The van der Waals surface area contributed by atoms with Crippen molar-refractivity contribution in [1.82, 2.24) is 4.90 Å². The van der Waals surface area contributed by atoms with E-state index in [9.17, 15) is 4.79 Å². The van der Waals surface area contributed by atoms with Gasteiger partial charge in [-0.25, -0.2) is 0 Å². The Morgan fingerprint density at radius 2 is 2.27 bits per heavy atom. The lowest BCUT2D eigenvalue weighted by Gasteiger charge is -2.28. The highest BCUT2D eigenvalue weighted by molar-refractivity contribution is 5.82. The first-order valence-electron chi connectivity index (χ1n) is 5.76. The molecule has 0 radical (unpaired) electrons. The summed E-state index contributed by atoms with van der Waals surface area (Å²) in [4.78, 5) is 13.8. The first-order chi connectivity index (χ1) is 7.31. The van der Waals surface area contributed by atoms with Gasteiger partial charge in [-0.15, -0.1) is 0 Å². The molecule has 15 heavy (non-hydrogen) atoms. The van der Waals surface area contributed by atoms with E-state index in [1.54, 1.807) is 0 Å². The summed E-state index contributed by atoms with van der Waals surface area (Å²) in [7, 11) is 0. The van der Waals surface area contributed by atoms with Crippen LogP contribution in [0.1, 0.15) is 19.3 Å². The Balaban J connectivity index is 1.83. The molecule has 0 spiro atoms. The number of nitrogens with zero attached hydrogens (tertiary/aromatic N) is 1. The number of aliphatic hydroxyl groups is 1. The second kappa shape index (κ2) is 5.05. The molecule has 2 rings (SSSR count). The summed E-state index contributed by atoms with van der Waals surface area (Å²) >= 11 is 0. The van der Waals surface area contributed by atoms with Crippen molar-refractivity contribution < 1.29 is 14.6 Å². The Kier molecular flexibility index (Phi) is 3.72. The molecule has 4 heteroatoms. The number of hydrogen-bond donors (Lipinski definition) is 1. The van der Waals surface area contributed by atoms with Crippen molar-refractivity contribution in [2.75, 3.05) is 32.9 Å². The fourth-order valence-electron chi connectivity index (χ4n) is 2.12. The zero-order valence-corrected chi connectivity index (χ0v) is 9.02. The number of carbonyl (C=O) groups excluding carboxylic acids is 1. The molecule has 0 aromatic heterocycles. The molecule has 4 nitrogen and oxygen atoms in total. The number of aliphatic hydroxyl groups excluding tert-OH is 1. The number of ether oxygens (including phenoxy) is 1. The lowest BCUT2D eigenvalue weighted by Crippen LogP contribution is -2.40. The molecule has 1 saturated heterocycles. The third-order valence-corrected chi connectivity index (χ3v) is 3.17. The van der Waals surface area contributed by atoms with Crippen molar-refractivity contribution in [2.45, 2.75) is 25.3 Å². The zero-order valence-electron chi connectivity index (χ0n) is 9.02. The van der Waals surface area contributed by atoms with Crippen LogP contribution >= 0.6 is 0 Å². The molecule has 1 unspecified atom stereocenters. The molecule has 1 heterocycles. The van der Waals surface area contributed by atoms with Crippen molar-refractivity contribution >= 4 is 5.78 Å².